The number of ether oxygens (including phenoxy) is 2. The highest BCUT2D eigenvalue weighted by atomic mass is 35.5. The van der Waals surface area contributed by atoms with Crippen LogP contribution in [0.2, 0.25) is 5.02 Å². The number of amides is 1. The van der Waals surface area contributed by atoms with Crippen molar-refractivity contribution in [2.45, 2.75) is 30.0 Å². The molecule has 0 aliphatic carbocycles. The molecule has 2 rings (SSSR count). The van der Waals surface area contributed by atoms with E-state index < -0.39 is 0 Å². The molecule has 2 aromatic carbocycles. The molecular weight excluding hydrogens is 370 g/mol. The molecule has 0 saturated heterocycles. The largest absolute Gasteiger partial charge is 0.493 e. The van der Waals surface area contributed by atoms with Gasteiger partial charge >= 0.3 is 0 Å². The van der Waals surface area contributed by atoms with Crippen LogP contribution in [0.5, 0.6) is 11.5 Å². The minimum atomic E-state index is -0.138. The molecule has 0 N–H and O–H groups in total. The summed E-state index contributed by atoms with van der Waals surface area (Å²) in [6.07, 6.45) is 0.752. The Balaban J connectivity index is 2.05. The Morgan fingerprint density at radius 3 is 2.35 bits per heavy atom. The summed E-state index contributed by atoms with van der Waals surface area (Å²) in [6.45, 7) is 2.53. The van der Waals surface area contributed by atoms with Crippen LogP contribution in [0.4, 0.5) is 0 Å². The molecule has 0 aliphatic rings. The molecular formula is C20H24ClNO3S. The maximum Gasteiger partial charge on any atom is 0.236 e. The summed E-state index contributed by atoms with van der Waals surface area (Å²) in [4.78, 5) is 15.6. The molecule has 2 aromatic rings. The first kappa shape index (κ1) is 20.5. The second kappa shape index (κ2) is 9.74. The Kier molecular flexibility index (Phi) is 7.66. The van der Waals surface area contributed by atoms with Gasteiger partial charge < -0.3 is 14.4 Å². The lowest BCUT2D eigenvalue weighted by atomic mass is 10.2. The van der Waals surface area contributed by atoms with Crippen molar-refractivity contribution in [1.29, 1.82) is 0 Å². The van der Waals surface area contributed by atoms with Crippen molar-refractivity contribution in [3.8, 4) is 11.5 Å². The quantitative estimate of drug-likeness (QED) is 0.599. The zero-order chi connectivity index (χ0) is 19.1. The highest BCUT2D eigenvalue weighted by Gasteiger charge is 2.22. The van der Waals surface area contributed by atoms with E-state index in [1.165, 1.54) is 0 Å². The Labute approximate surface area is 164 Å². The van der Waals surface area contributed by atoms with E-state index in [-0.39, 0.29) is 11.2 Å². The second-order valence-corrected chi connectivity index (χ2v) is 7.56. The lowest BCUT2D eigenvalue weighted by Gasteiger charge is -2.23. The van der Waals surface area contributed by atoms with Crippen LogP contribution in [-0.4, -0.2) is 37.3 Å². The van der Waals surface area contributed by atoms with Gasteiger partial charge in [-0.25, -0.2) is 0 Å². The minimum absolute atomic E-state index is 0.0993. The molecule has 0 radical (unpaired) electrons. The standard InChI is InChI=1S/C20H24ClNO3S/c1-5-19(26-16-9-7-15(21)8-10-16)20(23)22(2)13-14-6-11-17(24-3)18(12-14)25-4/h6-12,19H,5,13H2,1-4H3/t19-/m1/s1. The van der Waals surface area contributed by atoms with Crippen molar-refractivity contribution in [1.82, 2.24) is 4.90 Å². The number of carbonyl (C=O) groups excluding carboxylic acids is 1. The molecule has 0 unspecified atom stereocenters. The third kappa shape index (κ3) is 5.32. The smallest absolute Gasteiger partial charge is 0.236 e. The predicted octanol–water partition coefficient (Wildman–Crippen LogP) is 4.89. The van der Waals surface area contributed by atoms with Gasteiger partial charge in [0.1, 0.15) is 0 Å². The number of benzene rings is 2. The maximum absolute atomic E-state index is 12.9. The summed E-state index contributed by atoms with van der Waals surface area (Å²) in [5.41, 5.74) is 0.991. The molecule has 0 saturated carbocycles. The lowest BCUT2D eigenvalue weighted by molar-refractivity contribution is -0.129. The third-order valence-electron chi connectivity index (χ3n) is 3.98. The average Bonchev–Trinajstić information content (AvgIpc) is 2.66. The first-order valence-electron chi connectivity index (χ1n) is 8.36. The summed E-state index contributed by atoms with van der Waals surface area (Å²) in [5, 5.41) is 0.556. The predicted molar refractivity (Wildman–Crippen MR) is 107 cm³/mol. The van der Waals surface area contributed by atoms with Gasteiger partial charge in [0.25, 0.3) is 0 Å². The number of thioether (sulfide) groups is 1. The molecule has 6 heteroatoms. The molecule has 1 atom stereocenters. The molecule has 1 amide bonds. The van der Waals surface area contributed by atoms with E-state index in [1.54, 1.807) is 30.9 Å². The van der Waals surface area contributed by atoms with Gasteiger partial charge in [-0.15, -0.1) is 11.8 Å². The van der Waals surface area contributed by atoms with Crippen LogP contribution in [0.25, 0.3) is 0 Å². The van der Waals surface area contributed by atoms with Gasteiger partial charge in [-0.3, -0.25) is 4.79 Å². The lowest BCUT2D eigenvalue weighted by Crippen LogP contribution is -2.34. The summed E-state index contributed by atoms with van der Waals surface area (Å²) >= 11 is 7.49. The fourth-order valence-corrected chi connectivity index (χ4v) is 3.76. The van der Waals surface area contributed by atoms with Crippen molar-refractivity contribution in [2.75, 3.05) is 21.3 Å². The monoisotopic (exact) mass is 393 g/mol. The number of hydrogen-bond acceptors (Lipinski definition) is 4. The van der Waals surface area contributed by atoms with Gasteiger partial charge in [0.2, 0.25) is 5.91 Å². The van der Waals surface area contributed by atoms with E-state index in [0.29, 0.717) is 23.1 Å². The fourth-order valence-electron chi connectivity index (χ4n) is 2.56. The van der Waals surface area contributed by atoms with Crippen molar-refractivity contribution in [3.63, 3.8) is 0 Å². The number of hydrogen-bond donors (Lipinski definition) is 0. The van der Waals surface area contributed by atoms with Crippen LogP contribution >= 0.6 is 23.4 Å². The first-order valence-corrected chi connectivity index (χ1v) is 9.62. The van der Waals surface area contributed by atoms with Crippen LogP contribution in [0.1, 0.15) is 18.9 Å². The van der Waals surface area contributed by atoms with Gasteiger partial charge in [-0.2, -0.15) is 0 Å². The summed E-state index contributed by atoms with van der Waals surface area (Å²) < 4.78 is 10.6. The molecule has 0 aromatic heterocycles. The summed E-state index contributed by atoms with van der Waals surface area (Å²) in [5.74, 6) is 1.44. The number of nitrogens with zero attached hydrogens (tertiary/aromatic N) is 1. The minimum Gasteiger partial charge on any atom is -0.493 e. The van der Waals surface area contributed by atoms with Gasteiger partial charge in [-0.1, -0.05) is 24.6 Å². The second-order valence-electron chi connectivity index (χ2n) is 5.85. The maximum atomic E-state index is 12.9. The number of halogens is 1. The zero-order valence-corrected chi connectivity index (χ0v) is 17.1. The van der Waals surface area contributed by atoms with E-state index in [2.05, 4.69) is 0 Å². The van der Waals surface area contributed by atoms with Crippen LogP contribution in [0, 0.1) is 0 Å². The Morgan fingerprint density at radius 1 is 1.12 bits per heavy atom. The van der Waals surface area contributed by atoms with Gasteiger partial charge in [0.15, 0.2) is 11.5 Å². The van der Waals surface area contributed by atoms with E-state index >= 15 is 0 Å². The highest BCUT2D eigenvalue weighted by Crippen LogP contribution is 2.30. The van der Waals surface area contributed by atoms with E-state index in [1.807, 2.05) is 56.4 Å². The van der Waals surface area contributed by atoms with Crippen molar-refractivity contribution in [3.05, 3.63) is 53.1 Å². The Hall–Kier alpha value is -1.85. The Morgan fingerprint density at radius 2 is 1.77 bits per heavy atom. The van der Waals surface area contributed by atoms with Crippen LogP contribution in [-0.2, 0) is 11.3 Å². The number of rotatable bonds is 8. The van der Waals surface area contributed by atoms with Crippen molar-refractivity contribution >= 4 is 29.3 Å². The molecule has 26 heavy (non-hydrogen) atoms. The molecule has 0 spiro atoms. The first-order chi connectivity index (χ1) is 12.5. The van der Waals surface area contributed by atoms with Crippen molar-refractivity contribution < 1.29 is 14.3 Å². The number of methoxy groups -OCH3 is 2. The topological polar surface area (TPSA) is 38.8 Å². The Bertz CT molecular complexity index is 736. The van der Waals surface area contributed by atoms with E-state index in [0.717, 1.165) is 16.9 Å². The van der Waals surface area contributed by atoms with Crippen LogP contribution in [0.3, 0.4) is 0 Å². The van der Waals surface area contributed by atoms with Crippen LogP contribution < -0.4 is 9.47 Å². The normalized spacial score (nSPS) is 11.7. The average molecular weight is 394 g/mol. The zero-order valence-electron chi connectivity index (χ0n) is 15.5. The van der Waals surface area contributed by atoms with Gasteiger partial charge in [0.05, 0.1) is 19.5 Å². The van der Waals surface area contributed by atoms with Gasteiger partial charge in [-0.05, 0) is 48.4 Å². The summed E-state index contributed by atoms with van der Waals surface area (Å²) in [6, 6.07) is 13.3. The fraction of sp³-hybridized carbons (Fsp3) is 0.350. The molecule has 0 fully saturated rings. The molecule has 0 heterocycles. The number of carbonyl (C=O) groups is 1. The van der Waals surface area contributed by atoms with Crippen LogP contribution in [0.15, 0.2) is 47.4 Å². The molecule has 140 valence electrons. The van der Waals surface area contributed by atoms with Gasteiger partial charge in [0, 0.05) is 23.5 Å². The molecule has 4 nitrogen and oxygen atoms in total. The summed E-state index contributed by atoms with van der Waals surface area (Å²) in [7, 11) is 5.03. The van der Waals surface area contributed by atoms with Crippen molar-refractivity contribution in [2.24, 2.45) is 0 Å². The SMILES string of the molecule is CC[C@@H](Sc1ccc(Cl)cc1)C(=O)N(C)Cc1ccc(OC)c(OC)c1. The van der Waals surface area contributed by atoms with E-state index in [4.69, 9.17) is 21.1 Å². The molecule has 0 bridgehead atoms. The third-order valence-corrected chi connectivity index (χ3v) is 5.60. The van der Waals surface area contributed by atoms with E-state index in [9.17, 15) is 4.79 Å². The highest BCUT2D eigenvalue weighted by molar-refractivity contribution is 8.00. The molecule has 0 aliphatic heterocycles.